The molecule has 1 aliphatic heterocycles. The summed E-state index contributed by atoms with van der Waals surface area (Å²) in [6, 6.07) is 145. The van der Waals surface area contributed by atoms with Crippen LogP contribution in [0.25, 0.3) is 70.6 Å². The molecule has 0 bridgehead atoms. The van der Waals surface area contributed by atoms with Crippen LogP contribution in [-0.4, -0.2) is 4.57 Å². The van der Waals surface area contributed by atoms with Crippen LogP contribution in [0.4, 0.5) is 68.2 Å². The predicted molar refractivity (Wildman–Crippen MR) is 421 cm³/mol. The SMILES string of the molecule is c1ccc(N(c2ccc(N(c3ccc(C4(c5ccc(N(c6ccc(N(c7ccccc7)c7cccc8ccccc78)cc6)c6cccc7ccccc67)cc5)c5ccccc5-n5c6ccccc6c6cccc4c65)cc3)c3cccc4ccccc34)cc2)c2cccc3ccccc23)cc1. The average Bonchev–Trinajstić information content (AvgIpc) is 1.36. The zero-order valence-electron chi connectivity index (χ0n) is 54.8. The maximum atomic E-state index is 2.52. The van der Waals surface area contributed by atoms with Crippen molar-refractivity contribution in [3.63, 3.8) is 0 Å². The summed E-state index contributed by atoms with van der Waals surface area (Å²) in [6.45, 7) is 0. The number of benzene rings is 17. The molecule has 2 heterocycles. The van der Waals surface area contributed by atoms with Crippen molar-refractivity contribution >= 4 is 133 Å². The van der Waals surface area contributed by atoms with E-state index in [2.05, 4.69) is 418 Å². The van der Waals surface area contributed by atoms with Gasteiger partial charge in [0, 0.05) is 77.8 Å². The van der Waals surface area contributed by atoms with E-state index >= 15 is 0 Å². The molecule has 0 atom stereocenters. The van der Waals surface area contributed by atoms with E-state index in [1.165, 1.54) is 76.0 Å². The van der Waals surface area contributed by atoms with Gasteiger partial charge in [0.15, 0.2) is 0 Å². The molecule has 0 unspecified atom stereocenters. The fraction of sp³-hybridized carbons (Fsp3) is 0.0105. The number of rotatable bonds is 14. The van der Waals surface area contributed by atoms with Gasteiger partial charge in [-0.3, -0.25) is 0 Å². The Labute approximate surface area is 581 Å². The third-order valence-electron chi connectivity index (χ3n) is 20.6. The van der Waals surface area contributed by atoms with Crippen LogP contribution in [0.2, 0.25) is 0 Å². The lowest BCUT2D eigenvalue weighted by molar-refractivity contribution is 0.728. The van der Waals surface area contributed by atoms with Gasteiger partial charge in [0.2, 0.25) is 0 Å². The molecule has 1 aromatic heterocycles. The smallest absolute Gasteiger partial charge is 0.0742 e. The number of para-hydroxylation sites is 5. The lowest BCUT2D eigenvalue weighted by atomic mass is 9.63. The van der Waals surface area contributed by atoms with Crippen LogP contribution < -0.4 is 19.6 Å². The summed E-state index contributed by atoms with van der Waals surface area (Å²) < 4.78 is 2.52. The molecular weight excluding hydrogens is 1210 g/mol. The van der Waals surface area contributed by atoms with Crippen molar-refractivity contribution in [3.05, 3.63) is 417 Å². The Morgan fingerprint density at radius 1 is 0.190 bits per heavy atom. The van der Waals surface area contributed by atoms with Crippen LogP contribution in [0.5, 0.6) is 0 Å². The molecular formula is C95H65N5. The maximum Gasteiger partial charge on any atom is 0.0742 e. The molecule has 0 saturated carbocycles. The summed E-state index contributed by atoms with van der Waals surface area (Å²) in [7, 11) is 0. The van der Waals surface area contributed by atoms with Crippen LogP contribution >= 0.6 is 0 Å². The largest absolute Gasteiger partial charge is 0.310 e. The molecule has 470 valence electrons. The number of nitrogens with zero attached hydrogens (tertiary/aromatic N) is 5. The van der Waals surface area contributed by atoms with Crippen molar-refractivity contribution in [2.45, 2.75) is 5.41 Å². The van der Waals surface area contributed by atoms with Gasteiger partial charge in [-0.1, -0.05) is 261 Å². The minimum Gasteiger partial charge on any atom is -0.310 e. The summed E-state index contributed by atoms with van der Waals surface area (Å²) in [5, 5.41) is 11.9. The molecule has 18 aromatic rings. The van der Waals surface area contributed by atoms with Gasteiger partial charge in [-0.05, 0) is 177 Å². The van der Waals surface area contributed by atoms with Gasteiger partial charge >= 0.3 is 0 Å². The van der Waals surface area contributed by atoms with Crippen molar-refractivity contribution in [3.8, 4) is 5.69 Å². The third kappa shape index (κ3) is 9.46. The average molecular weight is 1280 g/mol. The molecule has 0 spiro atoms. The minimum atomic E-state index is -0.791. The van der Waals surface area contributed by atoms with Crippen LogP contribution in [-0.2, 0) is 5.41 Å². The number of hydrogen-bond donors (Lipinski definition) is 0. The van der Waals surface area contributed by atoms with E-state index in [4.69, 9.17) is 0 Å². The van der Waals surface area contributed by atoms with Crippen molar-refractivity contribution in [2.24, 2.45) is 0 Å². The molecule has 0 radical (unpaired) electrons. The zero-order chi connectivity index (χ0) is 66.1. The lowest BCUT2D eigenvalue weighted by Gasteiger charge is -2.42. The fourth-order valence-electron chi connectivity index (χ4n) is 16.2. The first-order chi connectivity index (χ1) is 49.6. The van der Waals surface area contributed by atoms with E-state index in [1.807, 2.05) is 0 Å². The maximum absolute atomic E-state index is 2.52. The number of fused-ring (bicyclic) bond motifs is 9. The van der Waals surface area contributed by atoms with Gasteiger partial charge in [0.25, 0.3) is 0 Å². The van der Waals surface area contributed by atoms with Crippen LogP contribution in [0.15, 0.2) is 394 Å². The monoisotopic (exact) mass is 1280 g/mol. The topological polar surface area (TPSA) is 17.9 Å². The molecule has 0 amide bonds. The second kappa shape index (κ2) is 24.2. The Balaban J connectivity index is 0.782. The summed E-state index contributed by atoms with van der Waals surface area (Å²) in [5.41, 5.74) is 20.5. The summed E-state index contributed by atoms with van der Waals surface area (Å²) in [4.78, 5) is 9.63. The molecule has 0 fully saturated rings. The number of hydrogen-bond acceptors (Lipinski definition) is 4. The van der Waals surface area contributed by atoms with E-state index in [0.717, 1.165) is 85.1 Å². The first kappa shape index (κ1) is 58.2. The first-order valence-electron chi connectivity index (χ1n) is 34.4. The summed E-state index contributed by atoms with van der Waals surface area (Å²) in [6.07, 6.45) is 0. The van der Waals surface area contributed by atoms with Crippen molar-refractivity contribution in [2.75, 3.05) is 19.6 Å². The van der Waals surface area contributed by atoms with Crippen molar-refractivity contribution in [1.82, 2.24) is 4.57 Å². The number of anilines is 12. The molecule has 5 nitrogen and oxygen atoms in total. The van der Waals surface area contributed by atoms with E-state index in [9.17, 15) is 0 Å². The Kier molecular flexibility index (Phi) is 14.0. The molecule has 5 heteroatoms. The molecule has 19 rings (SSSR count). The van der Waals surface area contributed by atoms with E-state index in [-0.39, 0.29) is 0 Å². The van der Waals surface area contributed by atoms with Crippen LogP contribution in [0.3, 0.4) is 0 Å². The van der Waals surface area contributed by atoms with Crippen molar-refractivity contribution in [1.29, 1.82) is 0 Å². The zero-order valence-corrected chi connectivity index (χ0v) is 54.8. The Hall–Kier alpha value is -13.2. The normalized spacial score (nSPS) is 12.3. The molecule has 0 N–H and O–H groups in total. The van der Waals surface area contributed by atoms with Gasteiger partial charge in [-0.15, -0.1) is 0 Å². The molecule has 1 aliphatic rings. The van der Waals surface area contributed by atoms with Crippen molar-refractivity contribution < 1.29 is 0 Å². The highest BCUT2D eigenvalue weighted by Crippen LogP contribution is 2.56. The predicted octanol–water partition coefficient (Wildman–Crippen LogP) is 26.0. The Morgan fingerprint density at radius 3 is 0.850 bits per heavy atom. The summed E-state index contributed by atoms with van der Waals surface area (Å²) in [5.74, 6) is 0. The van der Waals surface area contributed by atoms with Gasteiger partial charge in [0.05, 0.1) is 44.9 Å². The fourth-order valence-corrected chi connectivity index (χ4v) is 16.2. The molecule has 17 aromatic carbocycles. The molecule has 100 heavy (non-hydrogen) atoms. The second-order valence-corrected chi connectivity index (χ2v) is 26.0. The highest BCUT2D eigenvalue weighted by Gasteiger charge is 2.45. The van der Waals surface area contributed by atoms with E-state index < -0.39 is 5.41 Å². The van der Waals surface area contributed by atoms with Gasteiger partial charge in [-0.25, -0.2) is 0 Å². The highest BCUT2D eigenvalue weighted by molar-refractivity contribution is 6.12. The lowest BCUT2D eigenvalue weighted by Crippen LogP contribution is -2.35. The molecule has 0 saturated heterocycles. The summed E-state index contributed by atoms with van der Waals surface area (Å²) >= 11 is 0. The Bertz CT molecular complexity index is 5790. The minimum absolute atomic E-state index is 0.791. The van der Waals surface area contributed by atoms with Crippen LogP contribution in [0.1, 0.15) is 22.3 Å². The first-order valence-corrected chi connectivity index (χ1v) is 34.4. The third-order valence-corrected chi connectivity index (χ3v) is 20.6. The second-order valence-electron chi connectivity index (χ2n) is 26.0. The van der Waals surface area contributed by atoms with E-state index in [0.29, 0.717) is 0 Å². The van der Waals surface area contributed by atoms with Gasteiger partial charge < -0.3 is 24.2 Å². The number of aromatic nitrogens is 1. The quantitative estimate of drug-likeness (QED) is 0.108. The molecule has 0 aliphatic carbocycles. The van der Waals surface area contributed by atoms with E-state index in [1.54, 1.807) is 0 Å². The van der Waals surface area contributed by atoms with Gasteiger partial charge in [-0.2, -0.15) is 0 Å². The highest BCUT2D eigenvalue weighted by atomic mass is 15.2. The van der Waals surface area contributed by atoms with Crippen LogP contribution in [0, 0.1) is 0 Å². The Morgan fingerprint density at radius 2 is 0.460 bits per heavy atom. The standard InChI is InChI=1S/C95H65N5/c1-3-32-72(33-4-1)96(88-46-19-28-66-24-7-11-36-80(66)88)76-58-62-78(63-59-76)98(90-48-21-30-68-26-9-13-38-82(68)90)74-54-50-70(51-55-74)95(86-42-16-18-45-93(86)100-92-44-17-15-40-84(92)85-41-23-43-87(95)94(85)100)71-52-56-75(57-53-71)99(91-49-22-31-69-27-10-14-39-83(69)91)79-64-60-77(61-65-79)97(73-34-5-2-6-35-73)89-47-20-29-67-25-8-12-37-81(67)89/h1-65H. The van der Waals surface area contributed by atoms with Gasteiger partial charge in [0.1, 0.15) is 0 Å².